The van der Waals surface area contributed by atoms with Crippen molar-refractivity contribution < 1.29 is 0 Å². The maximum absolute atomic E-state index is 3.83. The maximum Gasteiger partial charge on any atom is 0.201 e. The second-order valence-electron chi connectivity index (χ2n) is 3.84. The van der Waals surface area contributed by atoms with Crippen molar-refractivity contribution in [2.75, 3.05) is 0 Å². The molecule has 0 amide bonds. The Morgan fingerprint density at radius 1 is 1.27 bits per heavy atom. The Morgan fingerprint density at radius 3 is 2.27 bits per heavy atom. The molecule has 62 valence electrons. The van der Waals surface area contributed by atoms with E-state index in [4.69, 9.17) is 0 Å². The van der Waals surface area contributed by atoms with Gasteiger partial charge in [-0.15, -0.1) is 30.6 Å². The van der Waals surface area contributed by atoms with Crippen molar-refractivity contribution in [3.63, 3.8) is 0 Å². The molecule has 3 heteroatoms. The van der Waals surface area contributed by atoms with Crippen LogP contribution >= 0.6 is 30.6 Å². The van der Waals surface area contributed by atoms with Gasteiger partial charge in [-0.25, -0.2) is 0 Å². The Hall–Kier alpha value is 0.917. The molecule has 11 heavy (non-hydrogen) atoms. The second-order valence-corrected chi connectivity index (χ2v) is 19.6. The molecule has 0 spiro atoms. The summed E-state index contributed by atoms with van der Waals surface area (Å²) in [6, 6.07) is 0. The average Bonchev–Trinajstić information content (AvgIpc) is 2.42. The highest BCUT2D eigenvalue weighted by atomic mass is 79.9. The third kappa shape index (κ3) is 1.52. The molecule has 0 aromatic carbocycles. The lowest BCUT2D eigenvalue weighted by Crippen LogP contribution is -2.24. The molecule has 2 rings (SSSR count). The van der Waals surface area contributed by atoms with Gasteiger partial charge in [0, 0.05) is 0 Å². The first-order valence-corrected chi connectivity index (χ1v) is 11.2. The lowest BCUT2D eigenvalue weighted by molar-refractivity contribution is 0.687. The normalized spacial score (nSPS) is 41.9. The highest BCUT2D eigenvalue weighted by molar-refractivity contribution is 9.51. The van der Waals surface area contributed by atoms with E-state index in [9.17, 15) is 0 Å². The highest BCUT2D eigenvalue weighted by Gasteiger charge is 2.45. The van der Waals surface area contributed by atoms with Gasteiger partial charge in [0.15, 0.2) is 0 Å². The Kier molecular flexibility index (Phi) is 2.09. The summed E-state index contributed by atoms with van der Waals surface area (Å²) in [5.41, 5.74) is 0.928. The van der Waals surface area contributed by atoms with Crippen LogP contribution in [0, 0.1) is 11.8 Å². The van der Waals surface area contributed by atoms with E-state index in [2.05, 4.69) is 49.3 Å². The molecule has 0 aliphatic heterocycles. The van der Waals surface area contributed by atoms with E-state index in [1.54, 1.807) is 0 Å². The average molecular weight is 296 g/mol. The molecular weight excluding hydrogens is 284 g/mol. The summed E-state index contributed by atoms with van der Waals surface area (Å²) in [5.74, 6) is 1.79. The second kappa shape index (κ2) is 2.71. The molecule has 1 fully saturated rings. The number of fused-ring (bicyclic) bond motifs is 2. The van der Waals surface area contributed by atoms with Crippen molar-refractivity contribution in [1.29, 1.82) is 0 Å². The molecule has 0 aromatic heterocycles. The Bertz CT molecular complexity index is 195. The number of hydrogen-bond acceptors (Lipinski definition) is 0. The van der Waals surface area contributed by atoms with Crippen LogP contribution in [-0.4, -0.2) is 5.31 Å². The van der Waals surface area contributed by atoms with Crippen molar-refractivity contribution in [3.05, 3.63) is 12.2 Å². The monoisotopic (exact) mass is 294 g/mol. The van der Waals surface area contributed by atoms with Gasteiger partial charge in [-0.3, -0.25) is 0 Å². The molecule has 0 aromatic rings. The van der Waals surface area contributed by atoms with Crippen molar-refractivity contribution in [1.82, 2.24) is 0 Å². The summed E-state index contributed by atoms with van der Waals surface area (Å²) in [4.78, 5) is 0. The third-order valence-corrected chi connectivity index (χ3v) is 8.42. The molecule has 0 N–H and O–H groups in total. The summed E-state index contributed by atoms with van der Waals surface area (Å²) in [6.45, 7) is 2.35. The van der Waals surface area contributed by atoms with E-state index in [1.165, 1.54) is 12.8 Å². The summed E-state index contributed by atoms with van der Waals surface area (Å²) in [6.07, 6.45) is 7.67. The van der Waals surface area contributed by atoms with Gasteiger partial charge in [-0.2, -0.15) is 0 Å². The van der Waals surface area contributed by atoms with Crippen LogP contribution in [0.2, 0.25) is 12.1 Å². The SMILES string of the molecule is C[Si](Br)(Br)C1CC2C=CC1C2. The van der Waals surface area contributed by atoms with Crippen LogP contribution in [-0.2, 0) is 0 Å². The summed E-state index contributed by atoms with van der Waals surface area (Å²) in [5, 5.41) is -1.20. The van der Waals surface area contributed by atoms with E-state index in [1.807, 2.05) is 0 Å². The van der Waals surface area contributed by atoms with E-state index >= 15 is 0 Å². The zero-order valence-corrected chi connectivity index (χ0v) is 10.7. The predicted molar refractivity (Wildman–Crippen MR) is 58.6 cm³/mol. The van der Waals surface area contributed by atoms with Gasteiger partial charge in [-0.1, -0.05) is 12.2 Å². The van der Waals surface area contributed by atoms with E-state index < -0.39 is 5.31 Å². The molecule has 0 heterocycles. The van der Waals surface area contributed by atoms with E-state index in [0.29, 0.717) is 0 Å². The van der Waals surface area contributed by atoms with Gasteiger partial charge in [-0.05, 0) is 36.8 Å². The first kappa shape index (κ1) is 8.51. The summed E-state index contributed by atoms with van der Waals surface area (Å²) >= 11 is 7.66. The molecule has 0 saturated heterocycles. The summed E-state index contributed by atoms with van der Waals surface area (Å²) < 4.78 is 0. The van der Waals surface area contributed by atoms with E-state index in [-0.39, 0.29) is 0 Å². The first-order valence-electron chi connectivity index (χ1n) is 4.13. The Morgan fingerprint density at radius 2 is 2.00 bits per heavy atom. The van der Waals surface area contributed by atoms with Crippen LogP contribution < -0.4 is 0 Å². The smallest absolute Gasteiger partial charge is 0.111 e. The largest absolute Gasteiger partial charge is 0.201 e. The van der Waals surface area contributed by atoms with Crippen LogP contribution in [0.4, 0.5) is 0 Å². The number of rotatable bonds is 1. The van der Waals surface area contributed by atoms with Crippen LogP contribution in [0.1, 0.15) is 12.8 Å². The maximum atomic E-state index is 3.83. The van der Waals surface area contributed by atoms with Crippen LogP contribution in [0.15, 0.2) is 12.2 Å². The lowest BCUT2D eigenvalue weighted by atomic mass is 10.1. The van der Waals surface area contributed by atoms with Crippen molar-refractivity contribution in [3.8, 4) is 0 Å². The minimum atomic E-state index is -1.20. The van der Waals surface area contributed by atoms with Crippen LogP contribution in [0.5, 0.6) is 0 Å². The molecule has 1 saturated carbocycles. The van der Waals surface area contributed by atoms with Gasteiger partial charge in [0.1, 0.15) is 0 Å². The Labute approximate surface area is 84.6 Å². The van der Waals surface area contributed by atoms with Gasteiger partial charge < -0.3 is 0 Å². The fraction of sp³-hybridized carbons (Fsp3) is 0.750. The molecule has 2 aliphatic carbocycles. The van der Waals surface area contributed by atoms with Crippen LogP contribution in [0.25, 0.3) is 0 Å². The highest BCUT2D eigenvalue weighted by Crippen LogP contribution is 2.54. The van der Waals surface area contributed by atoms with Gasteiger partial charge in [0.2, 0.25) is 5.31 Å². The third-order valence-electron chi connectivity index (χ3n) is 2.93. The fourth-order valence-corrected chi connectivity index (χ4v) is 7.24. The zero-order chi connectivity index (χ0) is 8.06. The van der Waals surface area contributed by atoms with E-state index in [0.717, 1.165) is 17.4 Å². The topological polar surface area (TPSA) is 0 Å². The quantitative estimate of drug-likeness (QED) is 0.392. The first-order chi connectivity index (χ1) is 5.07. The van der Waals surface area contributed by atoms with Crippen molar-refractivity contribution >= 4 is 35.9 Å². The number of allylic oxidation sites excluding steroid dienone is 2. The minimum absolute atomic E-state index is 0.885. The Balaban J connectivity index is 2.15. The molecular formula is C8H12Br2Si. The molecule has 2 bridgehead atoms. The van der Waals surface area contributed by atoms with Gasteiger partial charge in [0.05, 0.1) is 0 Å². The summed E-state index contributed by atoms with van der Waals surface area (Å²) in [7, 11) is 0. The van der Waals surface area contributed by atoms with Crippen molar-refractivity contribution in [2.45, 2.75) is 24.9 Å². The molecule has 2 aliphatic rings. The van der Waals surface area contributed by atoms with Gasteiger partial charge >= 0.3 is 0 Å². The predicted octanol–water partition coefficient (Wildman–Crippen LogP) is 3.81. The van der Waals surface area contributed by atoms with Crippen LogP contribution in [0.3, 0.4) is 0 Å². The molecule has 3 atom stereocenters. The molecule has 0 radical (unpaired) electrons. The fourth-order valence-electron chi connectivity index (χ4n) is 2.36. The number of halogens is 2. The molecule has 0 nitrogen and oxygen atoms in total. The standard InChI is InChI=1S/C8H12Br2Si/c1-11(9,10)8-5-6-2-3-7(8)4-6/h2-3,6-8H,4-5H2,1H3. The molecule has 3 unspecified atom stereocenters. The van der Waals surface area contributed by atoms with Crippen molar-refractivity contribution in [2.24, 2.45) is 11.8 Å². The van der Waals surface area contributed by atoms with Gasteiger partial charge in [0.25, 0.3) is 0 Å². The minimum Gasteiger partial charge on any atom is -0.111 e. The number of hydrogen-bond donors (Lipinski definition) is 0. The lowest BCUT2D eigenvalue weighted by Gasteiger charge is -2.26. The zero-order valence-electron chi connectivity index (χ0n) is 6.56.